The molecule has 21 heavy (non-hydrogen) atoms. The van der Waals surface area contributed by atoms with Crippen LogP contribution in [0.25, 0.3) is 0 Å². The number of aromatic nitrogens is 1. The van der Waals surface area contributed by atoms with Gasteiger partial charge < -0.3 is 14.8 Å². The molecular weight excluding hydrogens is 296 g/mol. The topological polar surface area (TPSA) is 99.8 Å². The number of aromatic carboxylic acids is 1. The molecule has 118 valence electrons. The lowest BCUT2D eigenvalue weighted by molar-refractivity contribution is 0.0683. The summed E-state index contributed by atoms with van der Waals surface area (Å²) in [5.74, 6) is -1.16. The summed E-state index contributed by atoms with van der Waals surface area (Å²) in [6.45, 7) is 3.70. The molecule has 7 nitrogen and oxygen atoms in total. The van der Waals surface area contributed by atoms with E-state index in [2.05, 4.69) is 0 Å². The van der Waals surface area contributed by atoms with Crippen LogP contribution in [0.15, 0.2) is 17.2 Å². The van der Waals surface area contributed by atoms with Gasteiger partial charge in [0.2, 0.25) is 10.0 Å². The number of nitrogens with zero attached hydrogens (tertiary/aromatic N) is 2. The van der Waals surface area contributed by atoms with E-state index in [0.29, 0.717) is 19.4 Å². The van der Waals surface area contributed by atoms with Gasteiger partial charge in [-0.1, -0.05) is 0 Å². The van der Waals surface area contributed by atoms with Gasteiger partial charge in [0, 0.05) is 24.8 Å². The first kappa shape index (κ1) is 16.0. The molecule has 2 N–H and O–H groups in total. The van der Waals surface area contributed by atoms with E-state index >= 15 is 0 Å². The fraction of sp³-hybridized carbons (Fsp3) is 0.615. The zero-order valence-electron chi connectivity index (χ0n) is 12.1. The Morgan fingerprint density at radius 1 is 1.48 bits per heavy atom. The van der Waals surface area contributed by atoms with Crippen molar-refractivity contribution in [3.8, 4) is 0 Å². The molecule has 8 heteroatoms. The van der Waals surface area contributed by atoms with Gasteiger partial charge in [-0.15, -0.1) is 0 Å². The minimum absolute atomic E-state index is 0.0334. The van der Waals surface area contributed by atoms with E-state index in [1.807, 2.05) is 0 Å². The molecule has 1 unspecified atom stereocenters. The van der Waals surface area contributed by atoms with Crippen LogP contribution in [0.1, 0.15) is 43.2 Å². The van der Waals surface area contributed by atoms with E-state index in [4.69, 9.17) is 0 Å². The van der Waals surface area contributed by atoms with Crippen molar-refractivity contribution in [2.45, 2.75) is 43.7 Å². The molecule has 1 aliphatic rings. The summed E-state index contributed by atoms with van der Waals surface area (Å²) in [5.41, 5.74) is -0.0525. The van der Waals surface area contributed by atoms with Gasteiger partial charge in [-0.3, -0.25) is 0 Å². The first-order valence-electron chi connectivity index (χ1n) is 6.87. The third-order valence-corrected chi connectivity index (χ3v) is 5.66. The number of carbonyl (C=O) groups is 1. The van der Waals surface area contributed by atoms with Gasteiger partial charge >= 0.3 is 5.97 Å². The second-order valence-electron chi connectivity index (χ2n) is 5.46. The van der Waals surface area contributed by atoms with Crippen LogP contribution in [0.4, 0.5) is 0 Å². The van der Waals surface area contributed by atoms with Crippen LogP contribution in [0.3, 0.4) is 0 Å². The second-order valence-corrected chi connectivity index (χ2v) is 7.35. The lowest BCUT2D eigenvalue weighted by atomic mass is 10.2. The Hall–Kier alpha value is -1.38. The SMILES string of the molecule is CC(C)n1cc(S(=O)(=O)N2CCCC2CO)cc1C(=O)O. The highest BCUT2D eigenvalue weighted by Crippen LogP contribution is 2.28. The fourth-order valence-corrected chi connectivity index (χ4v) is 4.35. The summed E-state index contributed by atoms with van der Waals surface area (Å²) in [4.78, 5) is 11.2. The number of aliphatic hydroxyl groups excluding tert-OH is 1. The molecule has 0 amide bonds. The molecule has 1 saturated heterocycles. The first-order valence-corrected chi connectivity index (χ1v) is 8.31. The fourth-order valence-electron chi connectivity index (χ4n) is 2.64. The summed E-state index contributed by atoms with van der Waals surface area (Å²) in [6, 6.07) is 0.600. The smallest absolute Gasteiger partial charge is 0.352 e. The van der Waals surface area contributed by atoms with Crippen LogP contribution in [0.2, 0.25) is 0 Å². The molecule has 2 heterocycles. The molecule has 0 aromatic carbocycles. The van der Waals surface area contributed by atoms with Crippen molar-refractivity contribution < 1.29 is 23.4 Å². The van der Waals surface area contributed by atoms with Gasteiger partial charge in [0.15, 0.2) is 0 Å². The normalized spacial score (nSPS) is 20.3. The molecule has 1 atom stereocenters. The highest BCUT2D eigenvalue weighted by atomic mass is 32.2. The summed E-state index contributed by atoms with van der Waals surface area (Å²) >= 11 is 0. The molecule has 0 saturated carbocycles. The maximum Gasteiger partial charge on any atom is 0.352 e. The molecular formula is C13H20N2O5S. The van der Waals surface area contributed by atoms with E-state index in [-0.39, 0.29) is 23.2 Å². The van der Waals surface area contributed by atoms with Crippen molar-refractivity contribution in [1.82, 2.24) is 8.87 Å². The van der Waals surface area contributed by atoms with E-state index < -0.39 is 22.0 Å². The van der Waals surface area contributed by atoms with Crippen molar-refractivity contribution >= 4 is 16.0 Å². The number of hydrogen-bond acceptors (Lipinski definition) is 4. The van der Waals surface area contributed by atoms with Crippen LogP contribution in [0, 0.1) is 0 Å². The van der Waals surface area contributed by atoms with E-state index in [1.165, 1.54) is 21.1 Å². The van der Waals surface area contributed by atoms with Crippen LogP contribution < -0.4 is 0 Å². The third-order valence-electron chi connectivity index (χ3n) is 3.74. The van der Waals surface area contributed by atoms with Crippen molar-refractivity contribution in [3.05, 3.63) is 18.0 Å². The van der Waals surface area contributed by atoms with Gasteiger partial charge in [0.1, 0.15) is 10.6 Å². The molecule has 0 bridgehead atoms. The van der Waals surface area contributed by atoms with Crippen molar-refractivity contribution in [1.29, 1.82) is 0 Å². The molecule has 1 fully saturated rings. The van der Waals surface area contributed by atoms with Gasteiger partial charge in [-0.25, -0.2) is 13.2 Å². The van der Waals surface area contributed by atoms with Crippen molar-refractivity contribution in [2.75, 3.05) is 13.2 Å². The standard InChI is InChI=1S/C13H20N2O5S/c1-9(2)14-7-11(6-12(14)13(17)18)21(19,20)15-5-3-4-10(15)8-16/h6-7,9-10,16H,3-5,8H2,1-2H3,(H,17,18). The largest absolute Gasteiger partial charge is 0.477 e. The molecule has 2 rings (SSSR count). The van der Waals surface area contributed by atoms with E-state index in [0.717, 1.165) is 0 Å². The van der Waals surface area contributed by atoms with Gasteiger partial charge in [-0.05, 0) is 32.8 Å². The minimum atomic E-state index is -3.78. The second kappa shape index (κ2) is 5.78. The summed E-state index contributed by atoms with van der Waals surface area (Å²) in [7, 11) is -3.78. The Morgan fingerprint density at radius 2 is 2.14 bits per heavy atom. The van der Waals surface area contributed by atoms with Gasteiger partial charge in [-0.2, -0.15) is 4.31 Å². The van der Waals surface area contributed by atoms with Crippen LogP contribution in [0.5, 0.6) is 0 Å². The number of aliphatic hydroxyl groups is 1. The highest BCUT2D eigenvalue weighted by molar-refractivity contribution is 7.89. The zero-order valence-corrected chi connectivity index (χ0v) is 12.9. The lowest BCUT2D eigenvalue weighted by Crippen LogP contribution is -2.37. The minimum Gasteiger partial charge on any atom is -0.477 e. The maximum absolute atomic E-state index is 12.6. The number of hydrogen-bond donors (Lipinski definition) is 2. The molecule has 0 radical (unpaired) electrons. The first-order chi connectivity index (χ1) is 9.78. The van der Waals surface area contributed by atoms with E-state index in [1.54, 1.807) is 13.8 Å². The number of carboxylic acids is 1. The number of rotatable bonds is 5. The number of carboxylic acid groups (broad SMARTS) is 1. The summed E-state index contributed by atoms with van der Waals surface area (Å²) < 4.78 is 27.9. The Morgan fingerprint density at radius 3 is 2.62 bits per heavy atom. The molecule has 0 spiro atoms. The molecule has 1 aliphatic heterocycles. The van der Waals surface area contributed by atoms with Crippen molar-refractivity contribution in [3.63, 3.8) is 0 Å². The maximum atomic E-state index is 12.6. The van der Waals surface area contributed by atoms with Gasteiger partial charge in [0.05, 0.1) is 6.61 Å². The van der Waals surface area contributed by atoms with E-state index in [9.17, 15) is 23.4 Å². The Labute approximate surface area is 123 Å². The predicted molar refractivity (Wildman–Crippen MR) is 75.8 cm³/mol. The lowest BCUT2D eigenvalue weighted by Gasteiger charge is -2.21. The average Bonchev–Trinajstić information content (AvgIpc) is 3.05. The summed E-state index contributed by atoms with van der Waals surface area (Å²) in [6.07, 6.45) is 2.67. The Bertz CT molecular complexity index is 635. The highest BCUT2D eigenvalue weighted by Gasteiger charge is 2.36. The molecule has 1 aromatic heterocycles. The van der Waals surface area contributed by atoms with Crippen molar-refractivity contribution in [2.24, 2.45) is 0 Å². The predicted octanol–water partition coefficient (Wildman–Crippen LogP) is 0.913. The van der Waals surface area contributed by atoms with Crippen LogP contribution >= 0.6 is 0 Å². The Balaban J connectivity index is 2.46. The quantitative estimate of drug-likeness (QED) is 0.841. The van der Waals surface area contributed by atoms with Crippen LogP contribution in [-0.4, -0.2) is 52.7 Å². The average molecular weight is 316 g/mol. The summed E-state index contributed by atoms with van der Waals surface area (Å²) in [5, 5.41) is 18.5. The third kappa shape index (κ3) is 2.83. The van der Waals surface area contributed by atoms with Crippen LogP contribution in [-0.2, 0) is 10.0 Å². The Kier molecular flexibility index (Phi) is 4.40. The zero-order chi connectivity index (χ0) is 15.8. The monoisotopic (exact) mass is 316 g/mol. The molecule has 1 aromatic rings. The molecule has 0 aliphatic carbocycles. The van der Waals surface area contributed by atoms with Gasteiger partial charge in [0.25, 0.3) is 0 Å². The number of sulfonamides is 1.